The molecule has 0 fully saturated rings. The Labute approximate surface area is 66.6 Å². The van der Waals surface area contributed by atoms with E-state index in [2.05, 4.69) is 0 Å². The quantitative estimate of drug-likeness (QED) is 0.368. The van der Waals surface area contributed by atoms with Crippen LogP contribution in [0, 0.1) is 0 Å². The molecule has 0 aliphatic heterocycles. The average Bonchev–Trinajstić information content (AvgIpc) is 0. The predicted molar refractivity (Wildman–Crippen MR) is 17.1 cm³/mol. The molecule has 0 atom stereocenters. The molecule has 0 aromatic carbocycles. The summed E-state index contributed by atoms with van der Waals surface area (Å²) in [5.41, 5.74) is 0. The molecule has 23 valence electrons. The van der Waals surface area contributed by atoms with E-state index in [-0.39, 0.29) is 67.1 Å². The molecule has 0 aliphatic rings. The van der Waals surface area contributed by atoms with Gasteiger partial charge < -0.3 is 0 Å². The van der Waals surface area contributed by atoms with Gasteiger partial charge in [-0.25, -0.2) is 0 Å². The van der Waals surface area contributed by atoms with Crippen LogP contribution >= 0.6 is 0 Å². The predicted octanol–water partition coefficient (Wildman–Crippen LogP) is -1.84. The molecule has 0 aromatic heterocycles. The Hall–Kier alpha value is 1.98. The van der Waals surface area contributed by atoms with E-state index in [0.717, 1.165) is 0 Å². The molecule has 0 aromatic rings. The molecule has 0 aliphatic carbocycles. The van der Waals surface area contributed by atoms with E-state index in [1.165, 1.54) is 0 Å². The molecule has 0 nitrogen and oxygen atoms in total. The van der Waals surface area contributed by atoms with Crippen molar-refractivity contribution in [1.29, 1.82) is 0 Å². The summed E-state index contributed by atoms with van der Waals surface area (Å²) >= 11 is 0. The minimum Gasteiger partial charge on any atom is -0.0125 e. The molecule has 3 radical (unpaired) electrons. The Bertz CT molecular complexity index is 8.00. The van der Waals surface area contributed by atoms with Crippen LogP contribution in [0.5, 0.6) is 0 Å². The summed E-state index contributed by atoms with van der Waals surface area (Å²) in [4.78, 5) is 0. The first-order chi connectivity index (χ1) is 0. The van der Waals surface area contributed by atoms with E-state index in [0.29, 0.717) is 0 Å². The van der Waals surface area contributed by atoms with Crippen LogP contribution < -0.4 is 0 Å². The van der Waals surface area contributed by atoms with Gasteiger partial charge in [0, 0.05) is 38.8 Å². The molecule has 0 rings (SSSR count). The van der Waals surface area contributed by atoms with Gasteiger partial charge in [0.15, 0.2) is 0 Å². The first kappa shape index (κ1) is 37.8. The molecule has 0 saturated heterocycles. The summed E-state index contributed by atoms with van der Waals surface area (Å²) in [6.45, 7) is 0. The summed E-state index contributed by atoms with van der Waals surface area (Å²) in [5, 5.41) is 0. The smallest absolute Gasteiger partial charge is 0.0125 e. The van der Waals surface area contributed by atoms with Crippen molar-refractivity contribution in [1.82, 2.24) is 0 Å². The van der Waals surface area contributed by atoms with Gasteiger partial charge in [0.2, 0.25) is 0 Å². The second-order valence-corrected chi connectivity index (χ2v) is 0. The third-order valence-corrected chi connectivity index (χ3v) is 0. The maximum Gasteiger partial charge on any atom is 0.0854 e. The van der Waals surface area contributed by atoms with E-state index in [1.54, 1.807) is 0 Å². The zero-order valence-corrected chi connectivity index (χ0v) is 8.64. The van der Waals surface area contributed by atoms with Crippen LogP contribution in [0.1, 0.15) is 0 Å². The molecule has 0 spiro atoms. The molecule has 0 unspecified atom stereocenters. The molecule has 4 heteroatoms. The number of hydrogen-bond acceptors (Lipinski definition) is 0. The molecule has 0 bridgehead atoms. The Kier molecular flexibility index (Phi) is 190. The van der Waals surface area contributed by atoms with Crippen LogP contribution in [0.15, 0.2) is 0 Å². The Balaban J connectivity index is 0. The Morgan fingerprint density at radius 1 is 1.00 bits per heavy atom. The van der Waals surface area contributed by atoms with Crippen molar-refractivity contribution in [3.63, 3.8) is 0 Å². The normalized spacial score (nSPS) is 0. The first-order valence-electron chi connectivity index (χ1n) is 0. The summed E-state index contributed by atoms with van der Waals surface area (Å²) in [6, 6.07) is 0. The van der Waals surface area contributed by atoms with E-state index in [1.807, 2.05) is 0 Å². The molecular formula is H4AlFeSiTi. The molecule has 4 heavy (non-hydrogen) atoms. The molecule has 0 amide bonds. The second kappa shape index (κ2) is 20.1. The van der Waals surface area contributed by atoms with Gasteiger partial charge in [-0.3, -0.25) is 0 Å². The summed E-state index contributed by atoms with van der Waals surface area (Å²) < 4.78 is 0. The Morgan fingerprint density at radius 3 is 1.00 bits per heavy atom. The topological polar surface area (TPSA) is 0 Å². The van der Waals surface area contributed by atoms with Gasteiger partial charge in [-0.2, -0.15) is 0 Å². The van der Waals surface area contributed by atoms with E-state index in [9.17, 15) is 0 Å². The zero-order valence-electron chi connectivity index (χ0n) is 2.56. The molecular weight excluding hydrogens is 159 g/mol. The van der Waals surface area contributed by atoms with Gasteiger partial charge >= 0.3 is 0 Å². The number of rotatable bonds is 0. The van der Waals surface area contributed by atoms with Gasteiger partial charge in [-0.1, -0.05) is 0 Å². The fourth-order valence-electron chi connectivity index (χ4n) is 0. The first-order valence-corrected chi connectivity index (χ1v) is 0. The van der Waals surface area contributed by atoms with Crippen molar-refractivity contribution in [2.24, 2.45) is 0 Å². The zero-order chi connectivity index (χ0) is 0. The standard InChI is InChI=1S/Al.Fe.H3Si.Ti.H/h;;1H3;;. The monoisotopic (exact) mass is 163 g/mol. The van der Waals surface area contributed by atoms with Crippen LogP contribution in [0.25, 0.3) is 0 Å². The van der Waals surface area contributed by atoms with Crippen molar-refractivity contribution in [3.05, 3.63) is 0 Å². The van der Waals surface area contributed by atoms with Crippen molar-refractivity contribution >= 4 is 28.3 Å². The van der Waals surface area contributed by atoms with Crippen LogP contribution in [0.4, 0.5) is 0 Å². The fourth-order valence-corrected chi connectivity index (χ4v) is 0. The van der Waals surface area contributed by atoms with E-state index < -0.39 is 0 Å². The molecule has 0 N–H and O–H groups in total. The van der Waals surface area contributed by atoms with Gasteiger partial charge in [-0.15, -0.1) is 0 Å². The van der Waals surface area contributed by atoms with E-state index >= 15 is 0 Å². The minimum absolute atomic E-state index is 0. The van der Waals surface area contributed by atoms with Gasteiger partial charge in [0.1, 0.15) is 0 Å². The second-order valence-electron chi connectivity index (χ2n) is 0. The number of hydrogen-bond donors (Lipinski definition) is 0. The minimum atomic E-state index is 0. The van der Waals surface area contributed by atoms with Gasteiger partial charge in [0.05, 0.1) is 17.4 Å². The average molecular weight is 163 g/mol. The summed E-state index contributed by atoms with van der Waals surface area (Å²) in [6.07, 6.45) is 0. The largest absolute Gasteiger partial charge is 0.0854 e. The van der Waals surface area contributed by atoms with Crippen LogP contribution in [0.2, 0.25) is 0 Å². The van der Waals surface area contributed by atoms with Crippen LogP contribution in [0.3, 0.4) is 0 Å². The molecule has 0 heterocycles. The molecule has 0 saturated carbocycles. The maximum atomic E-state index is 0. The van der Waals surface area contributed by atoms with E-state index in [4.69, 9.17) is 0 Å². The SMILES string of the molecule is [AlH].[Fe].[SiH3].[Ti]. The van der Waals surface area contributed by atoms with Crippen molar-refractivity contribution in [2.45, 2.75) is 0 Å². The summed E-state index contributed by atoms with van der Waals surface area (Å²) in [5.74, 6) is 0. The third kappa shape index (κ3) is 9.01. The maximum absolute atomic E-state index is 0. The van der Waals surface area contributed by atoms with Crippen LogP contribution in [-0.4, -0.2) is 28.3 Å². The van der Waals surface area contributed by atoms with Crippen molar-refractivity contribution < 1.29 is 38.8 Å². The fraction of sp³-hybridized carbons (Fsp3) is 0. The van der Waals surface area contributed by atoms with Gasteiger partial charge in [0.25, 0.3) is 0 Å². The third-order valence-electron chi connectivity index (χ3n) is 0. The summed E-state index contributed by atoms with van der Waals surface area (Å²) in [7, 11) is 0. The van der Waals surface area contributed by atoms with Crippen LogP contribution in [-0.2, 0) is 38.8 Å². The van der Waals surface area contributed by atoms with Gasteiger partial charge in [-0.05, 0) is 11.0 Å². The van der Waals surface area contributed by atoms with Crippen molar-refractivity contribution in [3.8, 4) is 0 Å². The van der Waals surface area contributed by atoms with Crippen molar-refractivity contribution in [2.75, 3.05) is 0 Å². The Morgan fingerprint density at radius 2 is 1.00 bits per heavy atom.